The van der Waals surface area contributed by atoms with Gasteiger partial charge in [0.1, 0.15) is 6.04 Å². The molecule has 2 aliphatic heterocycles. The lowest BCUT2D eigenvalue weighted by molar-refractivity contribution is -0.157. The van der Waals surface area contributed by atoms with Gasteiger partial charge >= 0.3 is 5.97 Å². The summed E-state index contributed by atoms with van der Waals surface area (Å²) in [6.45, 7) is 2.17. The van der Waals surface area contributed by atoms with E-state index in [2.05, 4.69) is 5.32 Å². The number of rotatable bonds is 2. The zero-order valence-electron chi connectivity index (χ0n) is 9.98. The van der Waals surface area contributed by atoms with Crippen LogP contribution in [0.5, 0.6) is 0 Å². The lowest BCUT2D eigenvalue weighted by Gasteiger charge is -2.38. The number of halogens is 1. The van der Waals surface area contributed by atoms with Gasteiger partial charge in [0.05, 0.1) is 13.0 Å². The molecule has 2 saturated heterocycles. The van der Waals surface area contributed by atoms with Crippen molar-refractivity contribution in [2.24, 2.45) is 5.92 Å². The second-order valence-electron chi connectivity index (χ2n) is 4.42. The number of piperidine rings is 1. The zero-order chi connectivity index (χ0) is 11.5. The number of carbonyl (C=O) groups excluding carboxylic acids is 2. The molecule has 5 nitrogen and oxygen atoms in total. The highest BCUT2D eigenvalue weighted by atomic mass is 35.5. The van der Waals surface area contributed by atoms with E-state index >= 15 is 0 Å². The van der Waals surface area contributed by atoms with Crippen molar-refractivity contribution in [3.8, 4) is 0 Å². The lowest BCUT2D eigenvalue weighted by Crippen LogP contribution is -2.57. The predicted octanol–water partition coefficient (Wildman–Crippen LogP) is 0.182. The number of nitrogens with zero attached hydrogens (tertiary/aromatic N) is 1. The Morgan fingerprint density at radius 1 is 1.29 bits per heavy atom. The van der Waals surface area contributed by atoms with Gasteiger partial charge in [0.2, 0.25) is 5.91 Å². The van der Waals surface area contributed by atoms with Gasteiger partial charge in [-0.15, -0.1) is 12.4 Å². The maximum Gasteiger partial charge on any atom is 0.328 e. The monoisotopic (exact) mass is 262 g/mol. The Labute approximate surface area is 107 Å². The smallest absolute Gasteiger partial charge is 0.328 e. The standard InChI is InChI=1S/C11H18N2O3.ClH/c1-16-11(15)9-4-2-3-5-13(9)10(14)8-6-12-7-8;/h8-9,12H,2-7H2,1H3;1H. The molecule has 17 heavy (non-hydrogen) atoms. The molecule has 0 aromatic heterocycles. The van der Waals surface area contributed by atoms with E-state index in [-0.39, 0.29) is 36.2 Å². The molecular formula is C11H19ClN2O3. The first-order valence-electron chi connectivity index (χ1n) is 5.83. The second kappa shape index (κ2) is 6.21. The van der Waals surface area contributed by atoms with Crippen LogP contribution in [0.25, 0.3) is 0 Å². The van der Waals surface area contributed by atoms with Gasteiger partial charge in [0.15, 0.2) is 0 Å². The molecular weight excluding hydrogens is 244 g/mol. The summed E-state index contributed by atoms with van der Waals surface area (Å²) in [4.78, 5) is 25.4. The molecule has 0 radical (unpaired) electrons. The van der Waals surface area contributed by atoms with Crippen molar-refractivity contribution in [2.75, 3.05) is 26.7 Å². The van der Waals surface area contributed by atoms with E-state index in [1.807, 2.05) is 0 Å². The summed E-state index contributed by atoms with van der Waals surface area (Å²) in [6.07, 6.45) is 2.71. The average Bonchev–Trinajstić information content (AvgIpc) is 2.25. The predicted molar refractivity (Wildman–Crippen MR) is 65.0 cm³/mol. The molecule has 2 fully saturated rings. The van der Waals surface area contributed by atoms with E-state index < -0.39 is 0 Å². The fourth-order valence-electron chi connectivity index (χ4n) is 2.27. The molecule has 2 heterocycles. The van der Waals surface area contributed by atoms with Crippen molar-refractivity contribution < 1.29 is 14.3 Å². The fourth-order valence-corrected chi connectivity index (χ4v) is 2.27. The first-order valence-corrected chi connectivity index (χ1v) is 5.83. The number of likely N-dealkylation sites (tertiary alicyclic amines) is 1. The zero-order valence-corrected chi connectivity index (χ0v) is 10.8. The van der Waals surface area contributed by atoms with Gasteiger partial charge in [-0.05, 0) is 19.3 Å². The first-order chi connectivity index (χ1) is 7.74. The van der Waals surface area contributed by atoms with Gasteiger partial charge < -0.3 is 15.0 Å². The summed E-state index contributed by atoms with van der Waals surface area (Å²) < 4.78 is 4.75. The van der Waals surface area contributed by atoms with Crippen LogP contribution in [0.1, 0.15) is 19.3 Å². The average molecular weight is 263 g/mol. The molecule has 1 unspecified atom stereocenters. The van der Waals surface area contributed by atoms with E-state index in [9.17, 15) is 9.59 Å². The van der Waals surface area contributed by atoms with Crippen LogP contribution in [-0.4, -0.2) is 49.6 Å². The molecule has 2 aliphatic rings. The van der Waals surface area contributed by atoms with Crippen LogP contribution in [0.15, 0.2) is 0 Å². The highest BCUT2D eigenvalue weighted by Crippen LogP contribution is 2.21. The number of nitrogens with one attached hydrogen (secondary N) is 1. The summed E-state index contributed by atoms with van der Waals surface area (Å²) in [5.74, 6) is -0.112. The maximum absolute atomic E-state index is 12.1. The van der Waals surface area contributed by atoms with Gasteiger partial charge in [0, 0.05) is 19.6 Å². The summed E-state index contributed by atoms with van der Waals surface area (Å²) in [6, 6.07) is -0.355. The first kappa shape index (κ1) is 14.3. The normalized spacial score (nSPS) is 24.5. The van der Waals surface area contributed by atoms with Crippen molar-refractivity contribution in [1.82, 2.24) is 10.2 Å². The Hall–Kier alpha value is -0.810. The molecule has 0 aromatic rings. The van der Waals surface area contributed by atoms with Crippen molar-refractivity contribution >= 4 is 24.3 Å². The largest absolute Gasteiger partial charge is 0.467 e. The van der Waals surface area contributed by atoms with Crippen LogP contribution in [0, 0.1) is 5.92 Å². The van der Waals surface area contributed by atoms with E-state index in [4.69, 9.17) is 4.74 Å². The van der Waals surface area contributed by atoms with Crippen LogP contribution in [0.2, 0.25) is 0 Å². The number of ether oxygens (including phenoxy) is 1. The SMILES string of the molecule is COC(=O)C1CCCCN1C(=O)C1CNC1.Cl. The Bertz CT molecular complexity index is 294. The number of hydrogen-bond donors (Lipinski definition) is 1. The van der Waals surface area contributed by atoms with E-state index in [0.717, 1.165) is 32.4 Å². The van der Waals surface area contributed by atoms with Crippen molar-refractivity contribution in [3.05, 3.63) is 0 Å². The van der Waals surface area contributed by atoms with Crippen LogP contribution >= 0.6 is 12.4 Å². The summed E-state index contributed by atoms with van der Waals surface area (Å²) in [5.41, 5.74) is 0. The van der Waals surface area contributed by atoms with Crippen LogP contribution in [0.4, 0.5) is 0 Å². The Kier molecular flexibility index (Phi) is 5.21. The van der Waals surface area contributed by atoms with E-state index in [0.29, 0.717) is 6.54 Å². The minimum absolute atomic E-state index is 0. The van der Waals surface area contributed by atoms with Gasteiger partial charge in [-0.2, -0.15) is 0 Å². The van der Waals surface area contributed by atoms with Crippen molar-refractivity contribution in [3.63, 3.8) is 0 Å². The number of esters is 1. The molecule has 98 valence electrons. The third-order valence-corrected chi connectivity index (χ3v) is 3.39. The molecule has 1 atom stereocenters. The van der Waals surface area contributed by atoms with Crippen molar-refractivity contribution in [2.45, 2.75) is 25.3 Å². The summed E-state index contributed by atoms with van der Waals surface area (Å²) in [7, 11) is 1.38. The van der Waals surface area contributed by atoms with Crippen molar-refractivity contribution in [1.29, 1.82) is 0 Å². The molecule has 0 aliphatic carbocycles. The van der Waals surface area contributed by atoms with E-state index in [1.54, 1.807) is 4.90 Å². The highest BCUT2D eigenvalue weighted by molar-refractivity contribution is 5.86. The minimum Gasteiger partial charge on any atom is -0.467 e. The van der Waals surface area contributed by atoms with Gasteiger partial charge in [-0.3, -0.25) is 4.79 Å². The number of methoxy groups -OCH3 is 1. The third kappa shape index (κ3) is 2.90. The second-order valence-corrected chi connectivity index (χ2v) is 4.42. The van der Waals surface area contributed by atoms with Crippen LogP contribution in [-0.2, 0) is 14.3 Å². The number of hydrogen-bond acceptors (Lipinski definition) is 4. The lowest BCUT2D eigenvalue weighted by atomic mass is 9.96. The topological polar surface area (TPSA) is 58.6 Å². The Morgan fingerprint density at radius 2 is 2.00 bits per heavy atom. The third-order valence-electron chi connectivity index (χ3n) is 3.39. The summed E-state index contributed by atoms with van der Waals surface area (Å²) >= 11 is 0. The molecule has 1 amide bonds. The van der Waals surface area contributed by atoms with Gasteiger partial charge in [-0.25, -0.2) is 4.79 Å². The van der Waals surface area contributed by atoms with Crippen LogP contribution < -0.4 is 5.32 Å². The number of carbonyl (C=O) groups is 2. The molecule has 0 bridgehead atoms. The Balaban J connectivity index is 0.00000144. The molecule has 2 rings (SSSR count). The summed E-state index contributed by atoms with van der Waals surface area (Å²) in [5, 5.41) is 3.08. The molecule has 1 N–H and O–H groups in total. The van der Waals surface area contributed by atoms with Crippen LogP contribution in [0.3, 0.4) is 0 Å². The Morgan fingerprint density at radius 3 is 2.53 bits per heavy atom. The fraction of sp³-hybridized carbons (Fsp3) is 0.818. The van der Waals surface area contributed by atoms with Gasteiger partial charge in [-0.1, -0.05) is 0 Å². The van der Waals surface area contributed by atoms with Gasteiger partial charge in [0.25, 0.3) is 0 Å². The number of amides is 1. The molecule has 6 heteroatoms. The highest BCUT2D eigenvalue weighted by Gasteiger charge is 2.37. The maximum atomic E-state index is 12.1. The molecule has 0 saturated carbocycles. The molecule has 0 spiro atoms. The van der Waals surface area contributed by atoms with E-state index in [1.165, 1.54) is 7.11 Å². The quantitative estimate of drug-likeness (QED) is 0.722. The minimum atomic E-state index is -0.355. The molecule has 0 aromatic carbocycles.